The first-order valence-corrected chi connectivity index (χ1v) is 10.7. The number of aromatic nitrogens is 2. The third-order valence-electron chi connectivity index (χ3n) is 4.83. The summed E-state index contributed by atoms with van der Waals surface area (Å²) in [6.45, 7) is 2.99. The Labute approximate surface area is 153 Å². The summed E-state index contributed by atoms with van der Waals surface area (Å²) in [5, 5.41) is -0.223. The standard InChI is InChI=1S/C14H17N3O7S2/c1-2-3-6-26(20,21)11-10(15-25-16-11)22-9-8-4-5-17(7-8)14(9)23-12(18)13(19)24-14/h8-9H,2-7H2,1H3. The van der Waals surface area contributed by atoms with Crippen LogP contribution in [0, 0.1) is 5.92 Å². The fourth-order valence-corrected chi connectivity index (χ4v) is 5.80. The molecule has 1 aromatic rings. The molecular weight excluding hydrogens is 386 g/mol. The molecule has 0 saturated carbocycles. The first-order chi connectivity index (χ1) is 12.4. The van der Waals surface area contributed by atoms with Crippen molar-refractivity contribution in [2.45, 2.75) is 43.2 Å². The van der Waals surface area contributed by atoms with Crippen molar-refractivity contribution in [2.24, 2.45) is 5.92 Å². The molecule has 3 aliphatic heterocycles. The van der Waals surface area contributed by atoms with Gasteiger partial charge >= 0.3 is 17.8 Å². The number of fused-ring (bicyclic) bond motifs is 3. The maximum Gasteiger partial charge on any atom is 0.422 e. The smallest absolute Gasteiger partial charge is 0.422 e. The highest BCUT2D eigenvalue weighted by atomic mass is 32.2. The third kappa shape index (κ3) is 2.58. The summed E-state index contributed by atoms with van der Waals surface area (Å²) in [5.41, 5.74) is 0. The van der Waals surface area contributed by atoms with E-state index in [0.29, 0.717) is 19.5 Å². The molecule has 3 unspecified atom stereocenters. The fraction of sp³-hybridized carbons (Fsp3) is 0.714. The predicted octanol–water partition coefficient (Wildman–Crippen LogP) is -0.0514. The molecule has 26 heavy (non-hydrogen) atoms. The predicted molar refractivity (Wildman–Crippen MR) is 85.9 cm³/mol. The molecule has 0 amide bonds. The van der Waals surface area contributed by atoms with Gasteiger partial charge in [0, 0.05) is 19.0 Å². The van der Waals surface area contributed by atoms with Crippen molar-refractivity contribution in [1.82, 2.24) is 13.6 Å². The van der Waals surface area contributed by atoms with Gasteiger partial charge in [-0.25, -0.2) is 22.9 Å². The molecule has 2 bridgehead atoms. The highest BCUT2D eigenvalue weighted by Gasteiger charge is 2.69. The molecule has 0 radical (unpaired) electrons. The molecule has 142 valence electrons. The topological polar surface area (TPSA) is 125 Å². The van der Waals surface area contributed by atoms with E-state index in [0.717, 1.165) is 24.6 Å². The van der Waals surface area contributed by atoms with Crippen molar-refractivity contribution in [3.8, 4) is 5.88 Å². The Balaban J connectivity index is 1.63. The van der Waals surface area contributed by atoms with Gasteiger partial charge in [0.25, 0.3) is 5.88 Å². The largest absolute Gasteiger partial charge is 0.461 e. The molecule has 3 atom stereocenters. The monoisotopic (exact) mass is 403 g/mol. The zero-order valence-electron chi connectivity index (χ0n) is 13.9. The molecule has 3 aliphatic rings. The van der Waals surface area contributed by atoms with Crippen LogP contribution in [-0.2, 0) is 28.9 Å². The zero-order valence-corrected chi connectivity index (χ0v) is 15.5. The van der Waals surface area contributed by atoms with Crippen LogP contribution in [0.25, 0.3) is 0 Å². The van der Waals surface area contributed by atoms with E-state index in [4.69, 9.17) is 14.2 Å². The van der Waals surface area contributed by atoms with Crippen LogP contribution >= 0.6 is 11.7 Å². The van der Waals surface area contributed by atoms with Gasteiger partial charge in [-0.1, -0.05) is 13.3 Å². The van der Waals surface area contributed by atoms with E-state index in [1.165, 1.54) is 0 Å². The van der Waals surface area contributed by atoms with Crippen molar-refractivity contribution in [3.63, 3.8) is 0 Å². The van der Waals surface area contributed by atoms with Gasteiger partial charge in [-0.2, -0.15) is 4.37 Å². The Morgan fingerprint density at radius 3 is 2.73 bits per heavy atom. The second-order valence-corrected chi connectivity index (χ2v) is 9.04. The van der Waals surface area contributed by atoms with Crippen LogP contribution in [0.2, 0.25) is 0 Å². The number of unbranched alkanes of at least 4 members (excludes halogenated alkanes) is 1. The summed E-state index contributed by atoms with van der Waals surface area (Å²) in [6.07, 6.45) is 1.12. The normalized spacial score (nSPS) is 29.2. The first kappa shape index (κ1) is 17.6. The molecular formula is C14H17N3O7S2. The number of carbonyl (C=O) groups is 2. The van der Waals surface area contributed by atoms with E-state index >= 15 is 0 Å². The Morgan fingerprint density at radius 2 is 2.04 bits per heavy atom. The molecule has 4 heterocycles. The minimum Gasteiger partial charge on any atom is -0.461 e. The van der Waals surface area contributed by atoms with Crippen LogP contribution in [0.15, 0.2) is 5.03 Å². The molecule has 10 nitrogen and oxygen atoms in total. The molecule has 3 saturated heterocycles. The van der Waals surface area contributed by atoms with E-state index in [1.807, 2.05) is 6.92 Å². The lowest BCUT2D eigenvalue weighted by Crippen LogP contribution is -2.57. The van der Waals surface area contributed by atoms with Gasteiger partial charge in [-0.15, -0.1) is 4.37 Å². The number of ether oxygens (including phenoxy) is 3. The van der Waals surface area contributed by atoms with Crippen LogP contribution in [0.3, 0.4) is 0 Å². The molecule has 0 aromatic carbocycles. The van der Waals surface area contributed by atoms with E-state index in [-0.39, 0.29) is 22.6 Å². The van der Waals surface area contributed by atoms with E-state index < -0.39 is 33.8 Å². The molecule has 0 N–H and O–H groups in total. The van der Waals surface area contributed by atoms with Gasteiger partial charge in [-0.05, 0) is 12.8 Å². The average Bonchev–Trinajstić information content (AvgIpc) is 3.34. The number of esters is 2. The molecule has 12 heteroatoms. The molecule has 0 aliphatic carbocycles. The zero-order chi connectivity index (χ0) is 18.5. The number of hydrogen-bond donors (Lipinski definition) is 0. The highest BCUT2D eigenvalue weighted by Crippen LogP contribution is 2.47. The van der Waals surface area contributed by atoms with Gasteiger partial charge in [0.1, 0.15) is 0 Å². The van der Waals surface area contributed by atoms with Crippen LogP contribution in [0.5, 0.6) is 5.88 Å². The number of rotatable bonds is 6. The number of piperidine rings is 1. The summed E-state index contributed by atoms with van der Waals surface area (Å²) < 4.78 is 49.0. The van der Waals surface area contributed by atoms with Crippen molar-refractivity contribution in [1.29, 1.82) is 0 Å². The fourth-order valence-electron chi connectivity index (χ4n) is 3.57. The number of hydrogen-bond acceptors (Lipinski definition) is 11. The lowest BCUT2D eigenvalue weighted by atomic mass is 9.99. The number of nitrogens with zero attached hydrogens (tertiary/aromatic N) is 3. The molecule has 3 fully saturated rings. The Morgan fingerprint density at radius 1 is 1.31 bits per heavy atom. The van der Waals surface area contributed by atoms with Gasteiger partial charge < -0.3 is 14.2 Å². The summed E-state index contributed by atoms with van der Waals surface area (Å²) in [7, 11) is -3.64. The highest BCUT2D eigenvalue weighted by molar-refractivity contribution is 7.91. The van der Waals surface area contributed by atoms with Gasteiger partial charge in [0.05, 0.1) is 17.5 Å². The average molecular weight is 403 g/mol. The van der Waals surface area contributed by atoms with Crippen molar-refractivity contribution >= 4 is 33.5 Å². The van der Waals surface area contributed by atoms with Crippen molar-refractivity contribution < 1.29 is 32.2 Å². The quantitative estimate of drug-likeness (QED) is 0.471. The first-order valence-electron chi connectivity index (χ1n) is 8.30. The molecule has 4 rings (SSSR count). The lowest BCUT2D eigenvalue weighted by Gasteiger charge is -2.36. The molecule has 1 spiro atoms. The van der Waals surface area contributed by atoms with Crippen LogP contribution in [0.4, 0.5) is 0 Å². The Hall–Kier alpha value is -1.79. The SMILES string of the molecule is CCCCS(=O)(=O)c1nsnc1OC1C2CCN(C2)C12OC(=O)C(=O)O2. The summed E-state index contributed by atoms with van der Waals surface area (Å²) >= 11 is 0.729. The summed E-state index contributed by atoms with van der Waals surface area (Å²) in [6, 6.07) is 0. The minimum absolute atomic E-state index is 0.0550. The third-order valence-corrected chi connectivity index (χ3v) is 7.14. The van der Waals surface area contributed by atoms with E-state index in [1.54, 1.807) is 4.90 Å². The maximum absolute atomic E-state index is 12.5. The Bertz CT molecular complexity index is 836. The van der Waals surface area contributed by atoms with Crippen LogP contribution in [0.1, 0.15) is 26.2 Å². The minimum atomic E-state index is -3.64. The lowest BCUT2D eigenvalue weighted by molar-refractivity contribution is -0.273. The summed E-state index contributed by atoms with van der Waals surface area (Å²) in [4.78, 5) is 24.9. The van der Waals surface area contributed by atoms with Crippen LogP contribution in [-0.4, -0.2) is 64.9 Å². The van der Waals surface area contributed by atoms with Crippen LogP contribution < -0.4 is 4.74 Å². The second kappa shape index (κ2) is 6.13. The Kier molecular flexibility index (Phi) is 4.15. The van der Waals surface area contributed by atoms with Crippen molar-refractivity contribution in [3.05, 3.63) is 0 Å². The molecule has 1 aromatic heterocycles. The van der Waals surface area contributed by atoms with Gasteiger partial charge in [0.2, 0.25) is 14.9 Å². The van der Waals surface area contributed by atoms with Crippen molar-refractivity contribution in [2.75, 3.05) is 18.8 Å². The number of carbonyl (C=O) groups excluding carboxylic acids is 2. The number of sulfone groups is 1. The van der Waals surface area contributed by atoms with Gasteiger partial charge in [0.15, 0.2) is 6.10 Å². The second-order valence-electron chi connectivity index (χ2n) is 6.49. The van der Waals surface area contributed by atoms with E-state index in [9.17, 15) is 18.0 Å². The van der Waals surface area contributed by atoms with Gasteiger partial charge in [-0.3, -0.25) is 0 Å². The maximum atomic E-state index is 12.5. The van der Waals surface area contributed by atoms with E-state index in [2.05, 4.69) is 8.75 Å². The summed E-state index contributed by atoms with van der Waals surface area (Å²) in [5.74, 6) is -4.09.